The molecule has 0 aliphatic rings. The second-order valence-corrected chi connectivity index (χ2v) is 5.71. The number of halogens is 5. The number of nitrogens with zero attached hydrogens (tertiary/aromatic N) is 1. The number of aromatic nitrogens is 1. The Morgan fingerprint density at radius 2 is 1.88 bits per heavy atom. The Morgan fingerprint density at radius 3 is 2.44 bits per heavy atom. The monoisotopic (exact) mass is 417 g/mol. The van der Waals surface area contributed by atoms with Gasteiger partial charge in [0.1, 0.15) is 24.0 Å². The summed E-state index contributed by atoms with van der Waals surface area (Å²) in [5.41, 5.74) is -1.68. The van der Waals surface area contributed by atoms with E-state index in [1.807, 2.05) is 0 Å². The fraction of sp³-hybridized carbons (Fsp3) is 0.235. The van der Waals surface area contributed by atoms with Gasteiger partial charge in [0, 0.05) is 12.1 Å². The van der Waals surface area contributed by atoms with Gasteiger partial charge in [-0.05, 0) is 35.0 Å². The van der Waals surface area contributed by atoms with E-state index in [4.69, 9.17) is 4.74 Å². The van der Waals surface area contributed by atoms with E-state index in [9.17, 15) is 22.4 Å². The maximum atomic E-state index is 14.4. The summed E-state index contributed by atoms with van der Waals surface area (Å²) in [6, 6.07) is 4.27. The Morgan fingerprint density at radius 1 is 1.24 bits per heavy atom. The second kappa shape index (κ2) is 8.21. The first-order chi connectivity index (χ1) is 11.8. The molecule has 0 atom stereocenters. The Hall–Kier alpha value is -2.27. The van der Waals surface area contributed by atoms with E-state index in [2.05, 4.69) is 27.8 Å². The van der Waals surface area contributed by atoms with Gasteiger partial charge in [-0.15, -0.1) is 5.92 Å². The van der Waals surface area contributed by atoms with Gasteiger partial charge in [0.25, 0.3) is 12.0 Å². The molecule has 25 heavy (non-hydrogen) atoms. The normalized spacial score (nSPS) is 10.5. The van der Waals surface area contributed by atoms with Gasteiger partial charge in [0.2, 0.25) is 0 Å². The van der Waals surface area contributed by atoms with E-state index < -0.39 is 35.7 Å². The number of ether oxygens (including phenoxy) is 1. The molecule has 2 rings (SSSR count). The van der Waals surface area contributed by atoms with E-state index >= 15 is 0 Å². The Kier molecular flexibility index (Phi) is 6.26. The summed E-state index contributed by atoms with van der Waals surface area (Å²) in [6.07, 6.45) is -2.87. The predicted octanol–water partition coefficient (Wildman–Crippen LogP) is 4.22. The van der Waals surface area contributed by atoms with Crippen molar-refractivity contribution in [2.24, 2.45) is 0 Å². The predicted molar refractivity (Wildman–Crippen MR) is 88.7 cm³/mol. The molecule has 0 bridgehead atoms. The molecule has 0 fully saturated rings. The molecule has 0 saturated heterocycles. The van der Waals surface area contributed by atoms with E-state index in [0.717, 1.165) is 12.1 Å². The lowest BCUT2D eigenvalue weighted by Crippen LogP contribution is -2.25. The molecule has 1 heterocycles. The highest BCUT2D eigenvalue weighted by Gasteiger charge is 2.20. The third-order valence-electron chi connectivity index (χ3n) is 3.21. The number of pyridine rings is 1. The van der Waals surface area contributed by atoms with Crippen LogP contribution >= 0.6 is 15.9 Å². The number of hydrogen-bond acceptors (Lipinski definition) is 2. The van der Waals surface area contributed by atoms with Crippen LogP contribution in [0.2, 0.25) is 0 Å². The zero-order valence-corrected chi connectivity index (χ0v) is 14.5. The van der Waals surface area contributed by atoms with Crippen molar-refractivity contribution in [2.45, 2.75) is 19.9 Å². The quantitative estimate of drug-likeness (QED) is 0.538. The van der Waals surface area contributed by atoms with Gasteiger partial charge in [-0.1, -0.05) is 5.92 Å². The molecule has 3 nitrogen and oxygen atoms in total. The molecule has 0 unspecified atom stereocenters. The van der Waals surface area contributed by atoms with Gasteiger partial charge in [0.15, 0.2) is 0 Å². The number of alkyl halides is 2. The van der Waals surface area contributed by atoms with Crippen LogP contribution in [0.5, 0.6) is 5.75 Å². The van der Waals surface area contributed by atoms with Crippen molar-refractivity contribution in [3.63, 3.8) is 0 Å². The lowest BCUT2D eigenvalue weighted by Gasteiger charge is -2.15. The number of benzene rings is 1. The van der Waals surface area contributed by atoms with Crippen LogP contribution in [0.25, 0.3) is 11.3 Å². The standard InChI is InChI=1S/C17H12BrF4NO2/c1-2-3-6-25-10-7-12(19)16(13(20)8-10)14-5-4-11(18)17(24)23(14)9-15(21)22/h4-5,7-8,15H,6,9H2,1H3. The first-order valence-electron chi connectivity index (χ1n) is 7.04. The molecule has 0 aliphatic heterocycles. The summed E-state index contributed by atoms with van der Waals surface area (Å²) in [6.45, 7) is 0.545. The molecule has 1 aromatic carbocycles. The van der Waals surface area contributed by atoms with Gasteiger partial charge >= 0.3 is 0 Å². The lowest BCUT2D eigenvalue weighted by atomic mass is 10.1. The van der Waals surface area contributed by atoms with Crippen molar-refractivity contribution in [1.29, 1.82) is 0 Å². The van der Waals surface area contributed by atoms with Crippen molar-refractivity contribution >= 4 is 15.9 Å². The highest BCUT2D eigenvalue weighted by atomic mass is 79.9. The van der Waals surface area contributed by atoms with Gasteiger partial charge in [-0.2, -0.15) is 0 Å². The highest BCUT2D eigenvalue weighted by molar-refractivity contribution is 9.10. The van der Waals surface area contributed by atoms with Crippen LogP contribution in [0.4, 0.5) is 17.6 Å². The molecule has 0 N–H and O–H groups in total. The summed E-state index contributed by atoms with van der Waals surface area (Å²) in [4.78, 5) is 12.1. The minimum absolute atomic E-state index is 0.0100. The minimum Gasteiger partial charge on any atom is -0.481 e. The van der Waals surface area contributed by atoms with Crippen molar-refractivity contribution in [3.05, 3.63) is 50.7 Å². The van der Waals surface area contributed by atoms with Crippen molar-refractivity contribution in [2.75, 3.05) is 6.61 Å². The summed E-state index contributed by atoms with van der Waals surface area (Å²) < 4.78 is 60.0. The topological polar surface area (TPSA) is 31.2 Å². The average molecular weight is 418 g/mol. The molecular formula is C17H12BrF4NO2. The largest absolute Gasteiger partial charge is 0.481 e. The van der Waals surface area contributed by atoms with Crippen molar-refractivity contribution in [1.82, 2.24) is 4.57 Å². The maximum absolute atomic E-state index is 14.4. The van der Waals surface area contributed by atoms with Crippen molar-refractivity contribution in [3.8, 4) is 28.8 Å². The van der Waals surface area contributed by atoms with Crippen LogP contribution < -0.4 is 10.3 Å². The zero-order valence-electron chi connectivity index (χ0n) is 13.0. The highest BCUT2D eigenvalue weighted by Crippen LogP contribution is 2.30. The zero-order chi connectivity index (χ0) is 18.6. The molecule has 1 aromatic heterocycles. The summed E-state index contributed by atoms with van der Waals surface area (Å²) in [5.74, 6) is 2.97. The summed E-state index contributed by atoms with van der Waals surface area (Å²) in [7, 11) is 0. The molecule has 8 heteroatoms. The second-order valence-electron chi connectivity index (χ2n) is 4.85. The lowest BCUT2D eigenvalue weighted by molar-refractivity contribution is 0.125. The minimum atomic E-state index is -2.87. The van der Waals surface area contributed by atoms with Crippen LogP contribution in [0.1, 0.15) is 6.92 Å². The molecule has 0 spiro atoms. The molecular weight excluding hydrogens is 406 g/mol. The SMILES string of the molecule is CC#CCOc1cc(F)c(-c2ccc(Br)c(=O)n2CC(F)F)c(F)c1. The molecule has 0 amide bonds. The van der Waals surface area contributed by atoms with Gasteiger partial charge < -0.3 is 9.30 Å². The number of hydrogen-bond donors (Lipinski definition) is 0. The molecule has 0 aliphatic carbocycles. The molecule has 2 aromatic rings. The van der Waals surface area contributed by atoms with Crippen LogP contribution in [-0.2, 0) is 6.54 Å². The average Bonchev–Trinajstić information content (AvgIpc) is 2.53. The van der Waals surface area contributed by atoms with Gasteiger partial charge in [0.05, 0.1) is 22.3 Å². The maximum Gasteiger partial charge on any atom is 0.265 e. The summed E-state index contributed by atoms with van der Waals surface area (Å²) in [5, 5.41) is 0. The van der Waals surface area contributed by atoms with Gasteiger partial charge in [-0.25, -0.2) is 17.6 Å². The number of rotatable bonds is 5. The van der Waals surface area contributed by atoms with E-state index in [-0.39, 0.29) is 22.5 Å². The van der Waals surface area contributed by atoms with Crippen LogP contribution in [0.15, 0.2) is 33.5 Å². The van der Waals surface area contributed by atoms with Crippen LogP contribution in [-0.4, -0.2) is 17.6 Å². The fourth-order valence-electron chi connectivity index (χ4n) is 2.16. The smallest absolute Gasteiger partial charge is 0.265 e. The Balaban J connectivity index is 2.56. The van der Waals surface area contributed by atoms with E-state index in [0.29, 0.717) is 4.57 Å². The Bertz CT molecular complexity index is 877. The van der Waals surface area contributed by atoms with E-state index in [1.165, 1.54) is 12.1 Å². The third kappa shape index (κ3) is 4.42. The van der Waals surface area contributed by atoms with Gasteiger partial charge in [-0.3, -0.25) is 4.79 Å². The van der Waals surface area contributed by atoms with Crippen LogP contribution in [0.3, 0.4) is 0 Å². The summed E-state index contributed by atoms with van der Waals surface area (Å²) >= 11 is 2.93. The van der Waals surface area contributed by atoms with Crippen molar-refractivity contribution < 1.29 is 22.3 Å². The van der Waals surface area contributed by atoms with E-state index in [1.54, 1.807) is 6.92 Å². The first-order valence-corrected chi connectivity index (χ1v) is 7.83. The molecule has 0 saturated carbocycles. The van der Waals surface area contributed by atoms with Crippen LogP contribution in [0, 0.1) is 23.5 Å². The fourth-order valence-corrected chi connectivity index (χ4v) is 2.50. The molecule has 132 valence electrons. The Labute approximate surface area is 149 Å². The molecule has 0 radical (unpaired) electrons. The third-order valence-corrected chi connectivity index (χ3v) is 3.81. The first kappa shape index (κ1) is 19.1.